The van der Waals surface area contributed by atoms with Gasteiger partial charge < -0.3 is 10.8 Å². The summed E-state index contributed by atoms with van der Waals surface area (Å²) < 4.78 is 0. The molecule has 17 heavy (non-hydrogen) atoms. The van der Waals surface area contributed by atoms with Crippen LogP contribution in [0.2, 0.25) is 0 Å². The van der Waals surface area contributed by atoms with E-state index in [0.29, 0.717) is 5.92 Å². The van der Waals surface area contributed by atoms with Crippen LogP contribution in [-0.4, -0.2) is 23.0 Å². The van der Waals surface area contributed by atoms with Gasteiger partial charge in [0.2, 0.25) is 0 Å². The highest BCUT2D eigenvalue weighted by molar-refractivity contribution is 8.00. The van der Waals surface area contributed by atoms with Gasteiger partial charge in [-0.05, 0) is 43.0 Å². The summed E-state index contributed by atoms with van der Waals surface area (Å²) in [5, 5.41) is 9.50. The molecule has 1 aromatic carbocycles. The van der Waals surface area contributed by atoms with Gasteiger partial charge in [-0.15, -0.1) is 11.8 Å². The Morgan fingerprint density at radius 2 is 1.88 bits per heavy atom. The maximum absolute atomic E-state index is 9.43. The highest BCUT2D eigenvalue weighted by Gasteiger charge is 2.21. The predicted molar refractivity (Wildman–Crippen MR) is 75.5 cm³/mol. The average Bonchev–Trinajstić information content (AvgIpc) is 2.29. The van der Waals surface area contributed by atoms with Crippen molar-refractivity contribution in [3.8, 4) is 0 Å². The van der Waals surface area contributed by atoms with E-state index in [1.54, 1.807) is 11.8 Å². The molecule has 0 spiro atoms. The number of nitrogens with two attached hydrogens (primary N) is 1. The van der Waals surface area contributed by atoms with Crippen molar-refractivity contribution in [1.29, 1.82) is 0 Å². The fourth-order valence-electron chi connectivity index (χ4n) is 1.63. The first-order valence-corrected chi connectivity index (χ1v) is 6.94. The number of hydrogen-bond donors (Lipinski definition) is 2. The first kappa shape index (κ1) is 14.6. The SMILES string of the molecule is Cc1ccc(SC(CO)C(N)C(C)C)cc1C. The predicted octanol–water partition coefficient (Wildman–Crippen LogP) is 2.74. The topological polar surface area (TPSA) is 46.2 Å². The second-order valence-corrected chi connectivity index (χ2v) is 6.22. The Labute approximate surface area is 109 Å². The lowest BCUT2D eigenvalue weighted by Crippen LogP contribution is -2.39. The summed E-state index contributed by atoms with van der Waals surface area (Å²) in [4.78, 5) is 1.18. The molecule has 3 heteroatoms. The standard InChI is InChI=1S/C14H23NOS/c1-9(2)14(15)13(8-16)17-12-6-5-10(3)11(4)7-12/h5-7,9,13-14,16H,8,15H2,1-4H3. The van der Waals surface area contributed by atoms with Gasteiger partial charge in [-0.25, -0.2) is 0 Å². The molecule has 96 valence electrons. The summed E-state index contributed by atoms with van der Waals surface area (Å²) in [5.41, 5.74) is 8.68. The number of thioether (sulfide) groups is 1. The Balaban J connectivity index is 2.77. The molecule has 0 aliphatic carbocycles. The third kappa shape index (κ3) is 4.02. The van der Waals surface area contributed by atoms with Crippen molar-refractivity contribution in [1.82, 2.24) is 0 Å². The van der Waals surface area contributed by atoms with Crippen molar-refractivity contribution in [2.24, 2.45) is 11.7 Å². The van der Waals surface area contributed by atoms with Crippen molar-refractivity contribution < 1.29 is 5.11 Å². The van der Waals surface area contributed by atoms with Crippen LogP contribution in [0.3, 0.4) is 0 Å². The lowest BCUT2D eigenvalue weighted by molar-refractivity contribution is 0.269. The van der Waals surface area contributed by atoms with Crippen molar-refractivity contribution >= 4 is 11.8 Å². The van der Waals surface area contributed by atoms with Crippen molar-refractivity contribution in [2.45, 2.75) is 43.9 Å². The van der Waals surface area contributed by atoms with Gasteiger partial charge in [0, 0.05) is 16.2 Å². The van der Waals surface area contributed by atoms with Crippen LogP contribution >= 0.6 is 11.8 Å². The molecule has 0 fully saturated rings. The monoisotopic (exact) mass is 253 g/mol. The third-order valence-electron chi connectivity index (χ3n) is 3.14. The molecule has 0 radical (unpaired) electrons. The van der Waals surface area contributed by atoms with Crippen LogP contribution in [-0.2, 0) is 0 Å². The van der Waals surface area contributed by atoms with Crippen molar-refractivity contribution in [3.05, 3.63) is 29.3 Å². The Morgan fingerprint density at radius 3 is 2.35 bits per heavy atom. The summed E-state index contributed by atoms with van der Waals surface area (Å²) in [6.07, 6.45) is 0. The quantitative estimate of drug-likeness (QED) is 0.793. The first-order valence-electron chi connectivity index (χ1n) is 6.06. The molecular weight excluding hydrogens is 230 g/mol. The number of aliphatic hydroxyl groups is 1. The zero-order valence-electron chi connectivity index (χ0n) is 11.1. The van der Waals surface area contributed by atoms with Crippen LogP contribution in [0.1, 0.15) is 25.0 Å². The summed E-state index contributed by atoms with van der Waals surface area (Å²) in [5.74, 6) is 0.381. The van der Waals surface area contributed by atoms with Gasteiger partial charge in [-0.1, -0.05) is 19.9 Å². The van der Waals surface area contributed by atoms with Gasteiger partial charge in [0.05, 0.1) is 6.61 Å². The first-order chi connectivity index (χ1) is 7.95. The lowest BCUT2D eigenvalue weighted by Gasteiger charge is -2.24. The highest BCUT2D eigenvalue weighted by Crippen LogP contribution is 2.28. The molecule has 0 aliphatic rings. The van der Waals surface area contributed by atoms with Crippen LogP contribution in [0.25, 0.3) is 0 Å². The van der Waals surface area contributed by atoms with E-state index in [2.05, 4.69) is 45.9 Å². The van der Waals surface area contributed by atoms with Crippen LogP contribution in [0.15, 0.2) is 23.1 Å². The molecule has 0 aliphatic heterocycles. The minimum Gasteiger partial charge on any atom is -0.395 e. The van der Waals surface area contributed by atoms with E-state index < -0.39 is 0 Å². The number of rotatable bonds is 5. The molecule has 1 rings (SSSR count). The van der Waals surface area contributed by atoms with E-state index in [-0.39, 0.29) is 17.9 Å². The van der Waals surface area contributed by atoms with E-state index in [4.69, 9.17) is 5.73 Å². The molecule has 2 atom stereocenters. The van der Waals surface area contributed by atoms with Crippen LogP contribution in [0.5, 0.6) is 0 Å². The minimum absolute atomic E-state index is 0.0200. The molecule has 0 heterocycles. The highest BCUT2D eigenvalue weighted by atomic mass is 32.2. The summed E-state index contributed by atoms with van der Waals surface area (Å²) in [6, 6.07) is 6.40. The maximum Gasteiger partial charge on any atom is 0.0568 e. The molecule has 0 saturated heterocycles. The van der Waals surface area contributed by atoms with Crippen molar-refractivity contribution in [2.75, 3.05) is 6.61 Å². The fourth-order valence-corrected chi connectivity index (χ4v) is 2.92. The van der Waals surface area contributed by atoms with E-state index in [0.717, 1.165) is 0 Å². The normalized spacial score (nSPS) is 15.0. The van der Waals surface area contributed by atoms with E-state index >= 15 is 0 Å². The van der Waals surface area contributed by atoms with Gasteiger partial charge in [0.25, 0.3) is 0 Å². The van der Waals surface area contributed by atoms with Crippen LogP contribution in [0, 0.1) is 19.8 Å². The third-order valence-corrected chi connectivity index (χ3v) is 4.44. The molecule has 2 nitrogen and oxygen atoms in total. The van der Waals surface area contributed by atoms with Gasteiger partial charge in [-0.2, -0.15) is 0 Å². The van der Waals surface area contributed by atoms with Gasteiger partial charge >= 0.3 is 0 Å². The van der Waals surface area contributed by atoms with E-state index in [1.807, 2.05) is 0 Å². The summed E-state index contributed by atoms with van der Waals surface area (Å²) >= 11 is 1.67. The van der Waals surface area contributed by atoms with Gasteiger partial charge in [0.1, 0.15) is 0 Å². The zero-order valence-corrected chi connectivity index (χ0v) is 11.9. The minimum atomic E-state index is 0.0200. The molecule has 1 aromatic rings. The molecule has 0 saturated carbocycles. The van der Waals surface area contributed by atoms with Gasteiger partial charge in [-0.3, -0.25) is 0 Å². The maximum atomic E-state index is 9.43. The number of aryl methyl sites for hydroxylation is 2. The smallest absolute Gasteiger partial charge is 0.0568 e. The number of hydrogen-bond acceptors (Lipinski definition) is 3. The zero-order chi connectivity index (χ0) is 13.0. The number of aliphatic hydroxyl groups excluding tert-OH is 1. The molecule has 0 amide bonds. The van der Waals surface area contributed by atoms with Crippen LogP contribution in [0.4, 0.5) is 0 Å². The number of benzene rings is 1. The molecular formula is C14H23NOS. The molecule has 2 unspecified atom stereocenters. The summed E-state index contributed by atoms with van der Waals surface area (Å²) in [6.45, 7) is 8.52. The Bertz CT molecular complexity index is 365. The fraction of sp³-hybridized carbons (Fsp3) is 0.571. The van der Waals surface area contributed by atoms with Gasteiger partial charge in [0.15, 0.2) is 0 Å². The van der Waals surface area contributed by atoms with E-state index in [1.165, 1.54) is 16.0 Å². The largest absolute Gasteiger partial charge is 0.395 e. The average molecular weight is 253 g/mol. The molecule has 0 aromatic heterocycles. The van der Waals surface area contributed by atoms with Crippen molar-refractivity contribution in [3.63, 3.8) is 0 Å². The second-order valence-electron chi connectivity index (χ2n) is 4.91. The lowest BCUT2D eigenvalue weighted by atomic mass is 10.0. The Morgan fingerprint density at radius 1 is 1.24 bits per heavy atom. The Hall–Kier alpha value is -0.510. The summed E-state index contributed by atoms with van der Waals surface area (Å²) in [7, 11) is 0. The second kappa shape index (κ2) is 6.43. The Kier molecular flexibility index (Phi) is 5.50. The molecule has 0 bridgehead atoms. The van der Waals surface area contributed by atoms with E-state index in [9.17, 15) is 5.11 Å². The van der Waals surface area contributed by atoms with Crippen LogP contribution < -0.4 is 5.73 Å². The molecule has 3 N–H and O–H groups in total.